The van der Waals surface area contributed by atoms with E-state index < -0.39 is 0 Å². The third-order valence-corrected chi connectivity index (χ3v) is 2.30. The Morgan fingerprint density at radius 1 is 1.36 bits per heavy atom. The van der Waals surface area contributed by atoms with Crippen LogP contribution in [0.25, 0.3) is 0 Å². The lowest BCUT2D eigenvalue weighted by Crippen LogP contribution is -2.25. The van der Waals surface area contributed by atoms with Gasteiger partial charge in [0.2, 0.25) is 0 Å². The minimum absolute atomic E-state index is 0.0500. The summed E-state index contributed by atoms with van der Waals surface area (Å²) in [6.07, 6.45) is 0.808. The van der Waals surface area contributed by atoms with E-state index in [-0.39, 0.29) is 5.91 Å². The summed E-state index contributed by atoms with van der Waals surface area (Å²) in [5.41, 5.74) is 5.99. The zero-order valence-corrected chi connectivity index (χ0v) is 9.38. The third kappa shape index (κ3) is 3.47. The second-order valence-electron chi connectivity index (χ2n) is 2.91. The summed E-state index contributed by atoms with van der Waals surface area (Å²) in [6.45, 7) is 1.23. The van der Waals surface area contributed by atoms with Crippen LogP contribution in [-0.2, 0) is 0 Å². The van der Waals surface area contributed by atoms with E-state index >= 15 is 0 Å². The van der Waals surface area contributed by atoms with Crippen molar-refractivity contribution < 1.29 is 4.79 Å². The van der Waals surface area contributed by atoms with E-state index in [9.17, 15) is 4.79 Å². The van der Waals surface area contributed by atoms with Crippen LogP contribution in [0.5, 0.6) is 0 Å². The Balaban J connectivity index is 2.48. The van der Waals surface area contributed by atoms with Crippen LogP contribution in [0, 0.1) is 0 Å². The molecular formula is C10H13BrN2O. The van der Waals surface area contributed by atoms with Gasteiger partial charge in [0.25, 0.3) is 5.91 Å². The van der Waals surface area contributed by atoms with Crippen LogP contribution in [0.4, 0.5) is 0 Å². The molecule has 0 aromatic heterocycles. The van der Waals surface area contributed by atoms with E-state index in [0.717, 1.165) is 10.9 Å². The van der Waals surface area contributed by atoms with Gasteiger partial charge in [0, 0.05) is 16.6 Å². The van der Waals surface area contributed by atoms with Crippen LogP contribution in [-0.4, -0.2) is 19.0 Å². The Hall–Kier alpha value is -0.870. The zero-order chi connectivity index (χ0) is 10.4. The molecule has 0 bridgehead atoms. The molecule has 0 aliphatic carbocycles. The molecule has 1 aromatic carbocycles. The van der Waals surface area contributed by atoms with Gasteiger partial charge in [0.05, 0.1) is 0 Å². The van der Waals surface area contributed by atoms with E-state index in [2.05, 4.69) is 21.2 Å². The first-order chi connectivity index (χ1) is 6.74. The minimum Gasteiger partial charge on any atom is -0.352 e. The Morgan fingerprint density at radius 2 is 2.00 bits per heavy atom. The summed E-state index contributed by atoms with van der Waals surface area (Å²) >= 11 is 3.31. The van der Waals surface area contributed by atoms with Crippen LogP contribution in [0.2, 0.25) is 0 Å². The fraction of sp³-hybridized carbons (Fsp3) is 0.300. The molecule has 0 unspecified atom stereocenters. The van der Waals surface area contributed by atoms with Crippen molar-refractivity contribution in [2.24, 2.45) is 5.73 Å². The topological polar surface area (TPSA) is 55.1 Å². The van der Waals surface area contributed by atoms with Crippen LogP contribution in [0.3, 0.4) is 0 Å². The first-order valence-electron chi connectivity index (χ1n) is 4.48. The zero-order valence-electron chi connectivity index (χ0n) is 7.79. The van der Waals surface area contributed by atoms with Crippen molar-refractivity contribution in [1.82, 2.24) is 5.32 Å². The molecule has 1 aromatic rings. The number of benzene rings is 1. The molecule has 0 atom stereocenters. The number of nitrogens with two attached hydrogens (primary N) is 1. The summed E-state index contributed by atoms with van der Waals surface area (Å²) in [5.74, 6) is -0.0500. The van der Waals surface area contributed by atoms with Crippen LogP contribution in [0.15, 0.2) is 28.7 Å². The molecule has 76 valence electrons. The number of hydrogen-bond acceptors (Lipinski definition) is 2. The van der Waals surface area contributed by atoms with Crippen LogP contribution < -0.4 is 11.1 Å². The van der Waals surface area contributed by atoms with Gasteiger partial charge in [-0.05, 0) is 37.2 Å². The van der Waals surface area contributed by atoms with Gasteiger partial charge in [-0.3, -0.25) is 4.79 Å². The van der Waals surface area contributed by atoms with E-state index in [1.807, 2.05) is 12.1 Å². The summed E-state index contributed by atoms with van der Waals surface area (Å²) in [6, 6.07) is 7.25. The predicted molar refractivity (Wildman–Crippen MR) is 60.1 cm³/mol. The second kappa shape index (κ2) is 5.78. The van der Waals surface area contributed by atoms with Gasteiger partial charge in [0.1, 0.15) is 0 Å². The lowest BCUT2D eigenvalue weighted by Gasteiger charge is -2.03. The maximum atomic E-state index is 11.5. The molecule has 0 saturated carbocycles. The number of amides is 1. The molecule has 3 N–H and O–H groups in total. The molecule has 0 aliphatic rings. The first kappa shape index (κ1) is 11.2. The molecule has 0 fully saturated rings. The molecule has 1 rings (SSSR count). The highest BCUT2D eigenvalue weighted by atomic mass is 79.9. The lowest BCUT2D eigenvalue weighted by molar-refractivity contribution is 0.0953. The SMILES string of the molecule is NCCCNC(=O)c1ccc(Br)cc1. The number of nitrogens with one attached hydrogen (secondary N) is 1. The Labute approximate surface area is 91.8 Å². The quantitative estimate of drug-likeness (QED) is 0.803. The molecule has 14 heavy (non-hydrogen) atoms. The van der Waals surface area contributed by atoms with E-state index in [0.29, 0.717) is 18.7 Å². The largest absolute Gasteiger partial charge is 0.352 e. The molecule has 0 saturated heterocycles. The van der Waals surface area contributed by atoms with Gasteiger partial charge < -0.3 is 11.1 Å². The van der Waals surface area contributed by atoms with Gasteiger partial charge in [0.15, 0.2) is 0 Å². The molecule has 0 aliphatic heterocycles. The fourth-order valence-electron chi connectivity index (χ4n) is 1.01. The normalized spacial score (nSPS) is 9.86. The molecule has 3 nitrogen and oxygen atoms in total. The Bertz CT molecular complexity index is 297. The van der Waals surface area contributed by atoms with E-state index in [1.54, 1.807) is 12.1 Å². The van der Waals surface area contributed by atoms with E-state index in [4.69, 9.17) is 5.73 Å². The molecule has 1 amide bonds. The van der Waals surface area contributed by atoms with Crippen molar-refractivity contribution in [3.05, 3.63) is 34.3 Å². The van der Waals surface area contributed by atoms with Gasteiger partial charge in [-0.1, -0.05) is 15.9 Å². The second-order valence-corrected chi connectivity index (χ2v) is 3.82. The summed E-state index contributed by atoms with van der Waals surface area (Å²) in [7, 11) is 0. The highest BCUT2D eigenvalue weighted by Gasteiger charge is 2.02. The van der Waals surface area contributed by atoms with Crippen LogP contribution in [0.1, 0.15) is 16.8 Å². The maximum Gasteiger partial charge on any atom is 0.251 e. The molecule has 0 heterocycles. The highest BCUT2D eigenvalue weighted by Crippen LogP contribution is 2.10. The highest BCUT2D eigenvalue weighted by molar-refractivity contribution is 9.10. The van der Waals surface area contributed by atoms with Gasteiger partial charge in [-0.15, -0.1) is 0 Å². The van der Waals surface area contributed by atoms with Crippen molar-refractivity contribution in [3.8, 4) is 0 Å². The standard InChI is InChI=1S/C10H13BrN2O/c11-9-4-2-8(3-5-9)10(14)13-7-1-6-12/h2-5H,1,6-7,12H2,(H,13,14). The summed E-state index contributed by atoms with van der Waals surface area (Å²) < 4.78 is 0.969. The van der Waals surface area contributed by atoms with Gasteiger partial charge in [-0.25, -0.2) is 0 Å². The Morgan fingerprint density at radius 3 is 2.57 bits per heavy atom. The fourth-order valence-corrected chi connectivity index (χ4v) is 1.27. The Kier molecular flexibility index (Phi) is 4.62. The lowest BCUT2D eigenvalue weighted by atomic mass is 10.2. The van der Waals surface area contributed by atoms with Crippen molar-refractivity contribution in [2.75, 3.05) is 13.1 Å². The predicted octanol–water partition coefficient (Wildman–Crippen LogP) is 1.53. The van der Waals surface area contributed by atoms with Crippen molar-refractivity contribution in [1.29, 1.82) is 0 Å². The smallest absolute Gasteiger partial charge is 0.251 e. The number of hydrogen-bond donors (Lipinski definition) is 2. The van der Waals surface area contributed by atoms with E-state index in [1.165, 1.54) is 0 Å². The van der Waals surface area contributed by atoms with Crippen molar-refractivity contribution in [2.45, 2.75) is 6.42 Å². The average molecular weight is 257 g/mol. The summed E-state index contributed by atoms with van der Waals surface area (Å²) in [5, 5.41) is 2.79. The van der Waals surface area contributed by atoms with Gasteiger partial charge >= 0.3 is 0 Å². The molecular weight excluding hydrogens is 244 g/mol. The first-order valence-corrected chi connectivity index (χ1v) is 5.27. The maximum absolute atomic E-state index is 11.5. The average Bonchev–Trinajstić information content (AvgIpc) is 2.19. The molecule has 0 spiro atoms. The molecule has 4 heteroatoms. The van der Waals surface area contributed by atoms with Crippen LogP contribution >= 0.6 is 15.9 Å². The third-order valence-electron chi connectivity index (χ3n) is 1.77. The number of carbonyl (C=O) groups excluding carboxylic acids is 1. The minimum atomic E-state index is -0.0500. The van der Waals surface area contributed by atoms with Crippen molar-refractivity contribution in [3.63, 3.8) is 0 Å². The summed E-state index contributed by atoms with van der Waals surface area (Å²) in [4.78, 5) is 11.5. The number of rotatable bonds is 4. The van der Waals surface area contributed by atoms with Crippen molar-refractivity contribution >= 4 is 21.8 Å². The number of halogens is 1. The molecule has 0 radical (unpaired) electrons. The van der Waals surface area contributed by atoms with Gasteiger partial charge in [-0.2, -0.15) is 0 Å². The monoisotopic (exact) mass is 256 g/mol. The number of carbonyl (C=O) groups is 1.